The molecule has 0 aliphatic carbocycles. The number of aromatic nitrogens is 2. The minimum absolute atomic E-state index is 0.0291. The SMILES string of the molecule is Cn1c(=O)c(Cc2ccc(F)c(F)c2)cc2nc(C(=O)O)oc21. The molecule has 0 amide bonds. The molecule has 3 aromatic rings. The third-order valence-corrected chi connectivity index (χ3v) is 3.39. The highest BCUT2D eigenvalue weighted by molar-refractivity contribution is 5.85. The van der Waals surface area contributed by atoms with E-state index >= 15 is 0 Å². The Morgan fingerprint density at radius 3 is 2.70 bits per heavy atom. The van der Waals surface area contributed by atoms with E-state index < -0.39 is 29.1 Å². The van der Waals surface area contributed by atoms with Crippen molar-refractivity contribution < 1.29 is 23.1 Å². The molecule has 1 aromatic carbocycles. The molecular weight excluding hydrogens is 310 g/mol. The molecule has 0 fully saturated rings. The maximum Gasteiger partial charge on any atom is 0.392 e. The molecule has 0 saturated carbocycles. The minimum Gasteiger partial charge on any atom is -0.474 e. The molecule has 0 unspecified atom stereocenters. The lowest BCUT2D eigenvalue weighted by molar-refractivity contribution is 0.0655. The first-order valence-corrected chi connectivity index (χ1v) is 6.53. The molecule has 6 nitrogen and oxygen atoms in total. The molecule has 118 valence electrons. The number of hydrogen-bond donors (Lipinski definition) is 1. The van der Waals surface area contributed by atoms with Crippen molar-refractivity contribution in [3.8, 4) is 0 Å². The maximum atomic E-state index is 13.3. The summed E-state index contributed by atoms with van der Waals surface area (Å²) in [5.41, 5.74) is 0.456. The van der Waals surface area contributed by atoms with E-state index in [0.717, 1.165) is 16.7 Å². The van der Waals surface area contributed by atoms with Crippen molar-refractivity contribution in [3.05, 3.63) is 63.3 Å². The number of aryl methyl sites for hydroxylation is 1. The Kier molecular flexibility index (Phi) is 3.44. The van der Waals surface area contributed by atoms with Crippen LogP contribution in [-0.2, 0) is 13.5 Å². The summed E-state index contributed by atoms with van der Waals surface area (Å²) in [6, 6.07) is 4.74. The van der Waals surface area contributed by atoms with Gasteiger partial charge in [-0.15, -0.1) is 0 Å². The van der Waals surface area contributed by atoms with Crippen LogP contribution in [0.25, 0.3) is 11.2 Å². The zero-order valence-electron chi connectivity index (χ0n) is 11.8. The number of pyridine rings is 1. The Morgan fingerprint density at radius 2 is 2.04 bits per heavy atom. The van der Waals surface area contributed by atoms with Crippen LogP contribution in [0.15, 0.2) is 33.5 Å². The number of carboxylic acid groups (broad SMARTS) is 1. The topological polar surface area (TPSA) is 85.3 Å². The van der Waals surface area contributed by atoms with Crippen molar-refractivity contribution >= 4 is 17.2 Å². The molecule has 8 heteroatoms. The number of carbonyl (C=O) groups is 1. The molecular formula is C15H10F2N2O4. The van der Waals surface area contributed by atoms with E-state index in [0.29, 0.717) is 5.56 Å². The fraction of sp³-hybridized carbons (Fsp3) is 0.133. The van der Waals surface area contributed by atoms with E-state index in [9.17, 15) is 18.4 Å². The quantitative estimate of drug-likeness (QED) is 0.799. The molecule has 0 saturated heterocycles. The molecule has 3 rings (SSSR count). The third kappa shape index (κ3) is 2.59. The Bertz CT molecular complexity index is 991. The summed E-state index contributed by atoms with van der Waals surface area (Å²) in [4.78, 5) is 27.0. The van der Waals surface area contributed by atoms with Crippen molar-refractivity contribution in [2.45, 2.75) is 6.42 Å². The van der Waals surface area contributed by atoms with Crippen molar-refractivity contribution in [1.82, 2.24) is 9.55 Å². The first-order chi connectivity index (χ1) is 10.9. The molecule has 0 spiro atoms. The van der Waals surface area contributed by atoms with Crippen LogP contribution in [0.5, 0.6) is 0 Å². The summed E-state index contributed by atoms with van der Waals surface area (Å²) in [6.45, 7) is 0. The predicted molar refractivity (Wildman–Crippen MR) is 75.4 cm³/mol. The average Bonchev–Trinajstić information content (AvgIpc) is 2.93. The van der Waals surface area contributed by atoms with Crippen LogP contribution in [-0.4, -0.2) is 20.6 Å². The van der Waals surface area contributed by atoms with Gasteiger partial charge in [0.05, 0.1) is 0 Å². The Hall–Kier alpha value is -3.03. The summed E-state index contributed by atoms with van der Waals surface area (Å²) in [6.07, 6.45) is 0.0507. The molecule has 0 aliphatic heterocycles. The van der Waals surface area contributed by atoms with Gasteiger partial charge in [0.2, 0.25) is 5.71 Å². The van der Waals surface area contributed by atoms with Gasteiger partial charge in [-0.25, -0.2) is 18.6 Å². The normalized spacial score (nSPS) is 11.1. The van der Waals surface area contributed by atoms with E-state index in [4.69, 9.17) is 9.52 Å². The standard InChI is InChI=1S/C15H10F2N2O4/c1-19-13(20)8(4-7-2-3-9(16)10(17)5-7)6-11-14(19)23-12(18-11)15(21)22/h2-3,5-6H,4H2,1H3,(H,21,22). The summed E-state index contributed by atoms with van der Waals surface area (Å²) < 4.78 is 32.4. The monoisotopic (exact) mass is 320 g/mol. The van der Waals surface area contributed by atoms with E-state index in [1.807, 2.05) is 0 Å². The zero-order valence-corrected chi connectivity index (χ0v) is 11.8. The molecule has 23 heavy (non-hydrogen) atoms. The number of oxazole rings is 1. The fourth-order valence-electron chi connectivity index (χ4n) is 2.28. The van der Waals surface area contributed by atoms with Crippen LogP contribution in [0.2, 0.25) is 0 Å². The smallest absolute Gasteiger partial charge is 0.392 e. The highest BCUT2D eigenvalue weighted by Gasteiger charge is 2.17. The average molecular weight is 320 g/mol. The first-order valence-electron chi connectivity index (χ1n) is 6.53. The van der Waals surface area contributed by atoms with Crippen LogP contribution >= 0.6 is 0 Å². The van der Waals surface area contributed by atoms with Gasteiger partial charge in [0, 0.05) is 19.0 Å². The molecule has 0 radical (unpaired) electrons. The summed E-state index contributed by atoms with van der Waals surface area (Å²) in [5.74, 6) is -3.86. The number of carboxylic acids is 1. The van der Waals surface area contributed by atoms with E-state index in [2.05, 4.69) is 4.98 Å². The van der Waals surface area contributed by atoms with Gasteiger partial charge in [-0.05, 0) is 23.8 Å². The number of rotatable bonds is 3. The van der Waals surface area contributed by atoms with Crippen molar-refractivity contribution in [1.29, 1.82) is 0 Å². The van der Waals surface area contributed by atoms with Gasteiger partial charge in [-0.2, -0.15) is 0 Å². The summed E-state index contributed by atoms with van der Waals surface area (Å²) in [5, 5.41) is 8.89. The largest absolute Gasteiger partial charge is 0.474 e. The van der Waals surface area contributed by atoms with Crippen molar-refractivity contribution in [2.24, 2.45) is 7.05 Å². The molecule has 1 N–H and O–H groups in total. The van der Waals surface area contributed by atoms with Gasteiger partial charge in [0.25, 0.3) is 5.56 Å². The van der Waals surface area contributed by atoms with Crippen LogP contribution in [0.4, 0.5) is 8.78 Å². The lowest BCUT2D eigenvalue weighted by atomic mass is 10.1. The van der Waals surface area contributed by atoms with Gasteiger partial charge in [-0.1, -0.05) is 6.07 Å². The van der Waals surface area contributed by atoms with Crippen LogP contribution < -0.4 is 5.56 Å². The van der Waals surface area contributed by atoms with Crippen molar-refractivity contribution in [2.75, 3.05) is 0 Å². The van der Waals surface area contributed by atoms with Crippen LogP contribution in [0, 0.1) is 11.6 Å². The zero-order chi connectivity index (χ0) is 16.7. The maximum absolute atomic E-state index is 13.3. The minimum atomic E-state index is -1.35. The Labute approximate surface area is 127 Å². The number of fused-ring (bicyclic) bond motifs is 1. The fourth-order valence-corrected chi connectivity index (χ4v) is 2.28. The second-order valence-electron chi connectivity index (χ2n) is 4.97. The summed E-state index contributed by atoms with van der Waals surface area (Å²) in [7, 11) is 1.41. The van der Waals surface area contributed by atoms with Gasteiger partial charge >= 0.3 is 11.9 Å². The molecule has 0 aliphatic rings. The van der Waals surface area contributed by atoms with Crippen molar-refractivity contribution in [3.63, 3.8) is 0 Å². The number of benzene rings is 1. The predicted octanol–water partition coefficient (Wildman–Crippen LogP) is 2.09. The van der Waals surface area contributed by atoms with Crippen LogP contribution in [0.3, 0.4) is 0 Å². The Morgan fingerprint density at radius 1 is 1.30 bits per heavy atom. The van der Waals surface area contributed by atoms with Gasteiger partial charge in [-0.3, -0.25) is 9.36 Å². The van der Waals surface area contributed by atoms with Crippen LogP contribution in [0.1, 0.15) is 21.8 Å². The number of hydrogen-bond acceptors (Lipinski definition) is 4. The number of nitrogens with zero attached hydrogens (tertiary/aromatic N) is 2. The molecule has 2 aromatic heterocycles. The van der Waals surface area contributed by atoms with E-state index in [-0.39, 0.29) is 23.2 Å². The van der Waals surface area contributed by atoms with Gasteiger partial charge < -0.3 is 9.52 Å². The lowest BCUT2D eigenvalue weighted by Crippen LogP contribution is -2.21. The second-order valence-corrected chi connectivity index (χ2v) is 4.97. The number of aromatic carboxylic acids is 1. The molecule has 0 atom stereocenters. The second kappa shape index (κ2) is 5.31. The van der Waals surface area contributed by atoms with Gasteiger partial charge in [0.1, 0.15) is 5.52 Å². The highest BCUT2D eigenvalue weighted by Crippen LogP contribution is 2.17. The number of halogens is 2. The third-order valence-electron chi connectivity index (χ3n) is 3.39. The molecule has 2 heterocycles. The molecule has 0 bridgehead atoms. The lowest BCUT2D eigenvalue weighted by Gasteiger charge is -2.05. The van der Waals surface area contributed by atoms with E-state index in [1.54, 1.807) is 0 Å². The highest BCUT2D eigenvalue weighted by atomic mass is 19.2. The van der Waals surface area contributed by atoms with Gasteiger partial charge in [0.15, 0.2) is 11.6 Å². The summed E-state index contributed by atoms with van der Waals surface area (Å²) >= 11 is 0. The first kappa shape index (κ1) is 14.9. The Balaban J connectivity index is 2.10. The van der Waals surface area contributed by atoms with E-state index in [1.165, 1.54) is 19.2 Å².